The Balaban J connectivity index is 1.83. The van der Waals surface area contributed by atoms with Crippen molar-refractivity contribution in [3.8, 4) is 0 Å². The Morgan fingerprint density at radius 1 is 1.29 bits per heavy atom. The molecule has 1 aliphatic heterocycles. The third-order valence-electron chi connectivity index (χ3n) is 3.57. The Hall–Kier alpha value is -0.160. The molecule has 0 bridgehead atoms. The number of rotatable bonds is 3. The first-order valence-corrected chi connectivity index (χ1v) is 5.40. The summed E-state index contributed by atoms with van der Waals surface area (Å²) in [4.78, 5) is 2.15. The van der Waals surface area contributed by atoms with E-state index in [1.165, 1.54) is 0 Å². The predicted octanol–water partition coefficient (Wildman–Crippen LogP) is -0.958. The number of aliphatic hydroxyl groups is 3. The average molecular weight is 201 g/mol. The van der Waals surface area contributed by atoms with Crippen LogP contribution in [0.2, 0.25) is 0 Å². The first-order valence-electron chi connectivity index (χ1n) is 5.40. The molecule has 4 heteroatoms. The molecule has 1 saturated heterocycles. The molecule has 1 aliphatic carbocycles. The lowest BCUT2D eigenvalue weighted by Crippen LogP contribution is -2.34. The maximum Gasteiger partial charge on any atom is 0.0897 e. The van der Waals surface area contributed by atoms with E-state index in [-0.39, 0.29) is 12.7 Å². The van der Waals surface area contributed by atoms with Crippen molar-refractivity contribution >= 4 is 0 Å². The van der Waals surface area contributed by atoms with Gasteiger partial charge in [-0.25, -0.2) is 0 Å². The molecule has 2 fully saturated rings. The summed E-state index contributed by atoms with van der Waals surface area (Å²) in [5.74, 6) is 1.01. The second-order valence-corrected chi connectivity index (χ2v) is 4.62. The third kappa shape index (κ3) is 1.93. The highest BCUT2D eigenvalue weighted by atomic mass is 16.3. The van der Waals surface area contributed by atoms with E-state index in [0.717, 1.165) is 25.9 Å². The van der Waals surface area contributed by atoms with Gasteiger partial charge in [-0.15, -0.1) is 0 Å². The van der Waals surface area contributed by atoms with Crippen LogP contribution < -0.4 is 0 Å². The second kappa shape index (κ2) is 4.14. The van der Waals surface area contributed by atoms with Crippen LogP contribution >= 0.6 is 0 Å². The van der Waals surface area contributed by atoms with Gasteiger partial charge in [0.1, 0.15) is 0 Å². The topological polar surface area (TPSA) is 63.9 Å². The van der Waals surface area contributed by atoms with Gasteiger partial charge in [-0.2, -0.15) is 0 Å². The number of aliphatic hydroxyl groups excluding tert-OH is 3. The Labute approximate surface area is 84.2 Å². The van der Waals surface area contributed by atoms with Gasteiger partial charge < -0.3 is 20.2 Å². The number of likely N-dealkylation sites (tertiary alicyclic amines) is 1. The molecule has 0 amide bonds. The van der Waals surface area contributed by atoms with Crippen molar-refractivity contribution in [2.24, 2.45) is 11.8 Å². The fourth-order valence-electron chi connectivity index (χ4n) is 2.83. The summed E-state index contributed by atoms with van der Waals surface area (Å²) < 4.78 is 0. The summed E-state index contributed by atoms with van der Waals surface area (Å²) in [6, 6.07) is 0. The molecule has 4 nitrogen and oxygen atoms in total. The Kier molecular flexibility index (Phi) is 3.07. The highest BCUT2D eigenvalue weighted by molar-refractivity contribution is 4.93. The zero-order valence-electron chi connectivity index (χ0n) is 8.34. The first kappa shape index (κ1) is 10.4. The lowest BCUT2D eigenvalue weighted by molar-refractivity contribution is 0.0594. The van der Waals surface area contributed by atoms with Gasteiger partial charge in [0.25, 0.3) is 0 Å². The molecule has 4 atom stereocenters. The monoisotopic (exact) mass is 201 g/mol. The van der Waals surface area contributed by atoms with E-state index in [1.54, 1.807) is 0 Å². The molecule has 82 valence electrons. The number of fused-ring (bicyclic) bond motifs is 1. The Morgan fingerprint density at radius 3 is 2.71 bits per heavy atom. The van der Waals surface area contributed by atoms with Gasteiger partial charge in [0.05, 0.1) is 18.8 Å². The smallest absolute Gasteiger partial charge is 0.0897 e. The van der Waals surface area contributed by atoms with Gasteiger partial charge in [-0.05, 0) is 18.8 Å². The number of β-amino-alcohol motifs (C(OH)–C–C–N with tert-alkyl or cyclic N) is 1. The predicted molar refractivity (Wildman–Crippen MR) is 51.8 cm³/mol. The van der Waals surface area contributed by atoms with Crippen LogP contribution in [-0.2, 0) is 0 Å². The van der Waals surface area contributed by atoms with Crippen LogP contribution in [0, 0.1) is 11.8 Å². The molecule has 3 N–H and O–H groups in total. The molecular weight excluding hydrogens is 182 g/mol. The largest absolute Gasteiger partial charge is 0.394 e. The van der Waals surface area contributed by atoms with Gasteiger partial charge in [-0.3, -0.25) is 0 Å². The van der Waals surface area contributed by atoms with Gasteiger partial charge in [0.15, 0.2) is 0 Å². The van der Waals surface area contributed by atoms with Gasteiger partial charge in [-0.1, -0.05) is 0 Å². The summed E-state index contributed by atoms with van der Waals surface area (Å²) in [6.07, 6.45) is 1.27. The summed E-state index contributed by atoms with van der Waals surface area (Å²) in [7, 11) is 0. The van der Waals surface area contributed by atoms with Crippen LogP contribution in [-0.4, -0.2) is 58.7 Å². The van der Waals surface area contributed by atoms with E-state index in [0.29, 0.717) is 18.4 Å². The van der Waals surface area contributed by atoms with Crippen molar-refractivity contribution in [3.05, 3.63) is 0 Å². The molecule has 0 aromatic heterocycles. The first-order chi connectivity index (χ1) is 6.70. The molecule has 0 radical (unpaired) electrons. The van der Waals surface area contributed by atoms with E-state index in [1.807, 2.05) is 0 Å². The van der Waals surface area contributed by atoms with Crippen LogP contribution in [0.15, 0.2) is 0 Å². The maximum atomic E-state index is 9.67. The van der Waals surface area contributed by atoms with Crippen molar-refractivity contribution < 1.29 is 15.3 Å². The molecule has 1 saturated carbocycles. The standard InChI is InChI=1S/C10H19NO3/c12-6-8(13)4-11-3-7-1-2-10(14)9(7)5-11/h7-10,12-14H,1-6H2. The molecule has 0 spiro atoms. The molecule has 2 rings (SSSR count). The minimum Gasteiger partial charge on any atom is -0.394 e. The van der Waals surface area contributed by atoms with E-state index in [2.05, 4.69) is 4.90 Å². The van der Waals surface area contributed by atoms with Crippen molar-refractivity contribution in [1.82, 2.24) is 4.90 Å². The van der Waals surface area contributed by atoms with Gasteiger partial charge in [0, 0.05) is 25.6 Å². The minimum atomic E-state index is -0.633. The fourth-order valence-corrected chi connectivity index (χ4v) is 2.83. The number of nitrogens with zero attached hydrogens (tertiary/aromatic N) is 1. The van der Waals surface area contributed by atoms with Crippen molar-refractivity contribution in [3.63, 3.8) is 0 Å². The SMILES string of the molecule is OCC(O)CN1CC2CCC(O)C2C1. The molecular formula is C10H19NO3. The summed E-state index contributed by atoms with van der Waals surface area (Å²) in [5.41, 5.74) is 0. The van der Waals surface area contributed by atoms with Crippen molar-refractivity contribution in [2.75, 3.05) is 26.2 Å². The van der Waals surface area contributed by atoms with Crippen LogP contribution in [0.5, 0.6) is 0 Å². The normalized spacial score (nSPS) is 40.1. The molecule has 14 heavy (non-hydrogen) atoms. The third-order valence-corrected chi connectivity index (χ3v) is 3.57. The quantitative estimate of drug-likeness (QED) is 0.550. The van der Waals surface area contributed by atoms with E-state index >= 15 is 0 Å². The van der Waals surface area contributed by atoms with E-state index in [4.69, 9.17) is 5.11 Å². The second-order valence-electron chi connectivity index (χ2n) is 4.62. The fraction of sp³-hybridized carbons (Fsp3) is 1.00. The minimum absolute atomic E-state index is 0.142. The molecule has 1 heterocycles. The van der Waals surface area contributed by atoms with Crippen LogP contribution in [0.4, 0.5) is 0 Å². The molecule has 0 aromatic carbocycles. The van der Waals surface area contributed by atoms with Crippen molar-refractivity contribution in [2.45, 2.75) is 25.0 Å². The van der Waals surface area contributed by atoms with Crippen LogP contribution in [0.1, 0.15) is 12.8 Å². The molecule has 4 unspecified atom stereocenters. The lowest BCUT2D eigenvalue weighted by Gasteiger charge is -2.20. The molecule has 0 aromatic rings. The van der Waals surface area contributed by atoms with E-state index < -0.39 is 6.10 Å². The summed E-state index contributed by atoms with van der Waals surface area (Å²) >= 11 is 0. The zero-order valence-corrected chi connectivity index (χ0v) is 8.34. The Morgan fingerprint density at radius 2 is 2.07 bits per heavy atom. The van der Waals surface area contributed by atoms with Gasteiger partial charge in [0.2, 0.25) is 0 Å². The lowest BCUT2D eigenvalue weighted by atomic mass is 10.00. The highest BCUT2D eigenvalue weighted by Gasteiger charge is 2.41. The zero-order chi connectivity index (χ0) is 10.1. The van der Waals surface area contributed by atoms with Crippen molar-refractivity contribution in [1.29, 1.82) is 0 Å². The Bertz CT molecular complexity index is 200. The van der Waals surface area contributed by atoms with E-state index in [9.17, 15) is 10.2 Å². The van der Waals surface area contributed by atoms with Crippen LogP contribution in [0.25, 0.3) is 0 Å². The number of hydrogen-bond donors (Lipinski definition) is 3. The summed E-state index contributed by atoms with van der Waals surface area (Å²) in [6.45, 7) is 2.21. The average Bonchev–Trinajstić information content (AvgIpc) is 2.69. The van der Waals surface area contributed by atoms with Gasteiger partial charge >= 0.3 is 0 Å². The number of hydrogen-bond acceptors (Lipinski definition) is 4. The van der Waals surface area contributed by atoms with Crippen LogP contribution in [0.3, 0.4) is 0 Å². The summed E-state index contributed by atoms with van der Waals surface area (Å²) in [5, 5.41) is 27.7. The maximum absolute atomic E-state index is 9.67. The molecule has 2 aliphatic rings. The highest BCUT2D eigenvalue weighted by Crippen LogP contribution is 2.37.